The molecule has 1 unspecified atom stereocenters. The summed E-state index contributed by atoms with van der Waals surface area (Å²) in [6.07, 6.45) is 6.26. The van der Waals surface area contributed by atoms with Crippen LogP contribution >= 0.6 is 11.6 Å². The van der Waals surface area contributed by atoms with Crippen LogP contribution in [0.4, 0.5) is 0 Å². The highest BCUT2D eigenvalue weighted by Crippen LogP contribution is 2.39. The average molecular weight is 401 g/mol. The summed E-state index contributed by atoms with van der Waals surface area (Å²) in [6.45, 7) is 11.9. The average Bonchev–Trinajstić information content (AvgIpc) is 3.24. The van der Waals surface area contributed by atoms with Gasteiger partial charge in [-0.1, -0.05) is 25.4 Å². The molecule has 1 aliphatic carbocycles. The molecule has 0 aromatic carbocycles. The van der Waals surface area contributed by atoms with Crippen molar-refractivity contribution in [1.82, 2.24) is 19.4 Å². The molecule has 0 N–H and O–H groups in total. The Morgan fingerprint density at radius 3 is 2.64 bits per heavy atom. The number of carbonyl (C=O) groups is 1. The Morgan fingerprint density at radius 2 is 1.96 bits per heavy atom. The lowest BCUT2D eigenvalue weighted by Crippen LogP contribution is -2.39. The van der Waals surface area contributed by atoms with E-state index in [1.54, 1.807) is 42.2 Å². The van der Waals surface area contributed by atoms with Gasteiger partial charge in [0.25, 0.3) is 0 Å². The van der Waals surface area contributed by atoms with Crippen molar-refractivity contribution in [3.63, 3.8) is 0 Å². The van der Waals surface area contributed by atoms with Crippen molar-refractivity contribution in [1.29, 1.82) is 0 Å². The second-order valence-electron chi connectivity index (χ2n) is 6.06. The van der Waals surface area contributed by atoms with E-state index in [2.05, 4.69) is 28.1 Å². The van der Waals surface area contributed by atoms with Gasteiger partial charge in [-0.15, -0.1) is 13.2 Å². The minimum atomic E-state index is -0.763. The number of aryl methyl sites for hydroxylation is 1. The van der Waals surface area contributed by atoms with E-state index >= 15 is 0 Å². The standard InChI is InChI=1S/C17H15ClN4O2.C2H6.C2H4/c1-17(14-16-19-7-8-22(16)12(18)9-20-14)6-5-11-10(15(17)23)3-4-13(21-11)24-2;2*1-2/h3-4,7-9H,5-6H2,1-2H3;1-2H3;1-2H2. The van der Waals surface area contributed by atoms with Crippen LogP contribution in [0.5, 0.6) is 5.88 Å². The summed E-state index contributed by atoms with van der Waals surface area (Å²) in [5.74, 6) is 0.518. The number of pyridine rings is 1. The zero-order valence-corrected chi connectivity index (χ0v) is 17.5. The molecule has 148 valence electrons. The third-order valence-corrected chi connectivity index (χ3v) is 4.95. The van der Waals surface area contributed by atoms with E-state index in [-0.39, 0.29) is 5.78 Å². The Kier molecular flexibility index (Phi) is 6.91. The zero-order chi connectivity index (χ0) is 20.9. The van der Waals surface area contributed by atoms with Gasteiger partial charge in [0.15, 0.2) is 11.4 Å². The van der Waals surface area contributed by atoms with E-state index in [9.17, 15) is 4.79 Å². The molecule has 0 saturated carbocycles. The molecular weight excluding hydrogens is 376 g/mol. The van der Waals surface area contributed by atoms with E-state index in [1.165, 1.54) is 0 Å². The molecule has 0 saturated heterocycles. The smallest absolute Gasteiger partial charge is 0.213 e. The van der Waals surface area contributed by atoms with Crippen LogP contribution in [0.1, 0.15) is 48.9 Å². The molecule has 1 aliphatic rings. The highest BCUT2D eigenvalue weighted by Gasteiger charge is 2.43. The van der Waals surface area contributed by atoms with Crippen molar-refractivity contribution in [2.75, 3.05) is 7.11 Å². The molecule has 0 bridgehead atoms. The number of halogens is 1. The number of ketones is 1. The Labute approximate surface area is 170 Å². The van der Waals surface area contributed by atoms with Gasteiger partial charge in [-0.25, -0.2) is 9.97 Å². The molecule has 3 aromatic rings. The van der Waals surface area contributed by atoms with Gasteiger partial charge < -0.3 is 4.74 Å². The van der Waals surface area contributed by atoms with Crippen molar-refractivity contribution in [2.45, 2.75) is 39.0 Å². The maximum Gasteiger partial charge on any atom is 0.213 e. The summed E-state index contributed by atoms with van der Waals surface area (Å²) in [5, 5.41) is 0.463. The summed E-state index contributed by atoms with van der Waals surface area (Å²) < 4.78 is 6.89. The number of ether oxygens (including phenoxy) is 1. The Bertz CT molecular complexity index is 986. The topological polar surface area (TPSA) is 69.4 Å². The van der Waals surface area contributed by atoms with Crippen LogP contribution in [0.3, 0.4) is 0 Å². The second kappa shape index (κ2) is 8.97. The van der Waals surface area contributed by atoms with Crippen molar-refractivity contribution in [3.05, 3.63) is 66.0 Å². The highest BCUT2D eigenvalue weighted by molar-refractivity contribution is 6.29. The van der Waals surface area contributed by atoms with E-state index in [0.717, 1.165) is 5.69 Å². The van der Waals surface area contributed by atoms with Gasteiger partial charge in [0.1, 0.15) is 5.15 Å². The minimum absolute atomic E-state index is 0.00127. The maximum absolute atomic E-state index is 13.2. The predicted molar refractivity (Wildman–Crippen MR) is 111 cm³/mol. The largest absolute Gasteiger partial charge is 0.481 e. The maximum atomic E-state index is 13.2. The molecule has 0 fully saturated rings. The molecular formula is C21H25ClN4O2. The van der Waals surface area contributed by atoms with Crippen molar-refractivity contribution in [3.8, 4) is 5.88 Å². The Hall–Kier alpha value is -2.73. The summed E-state index contributed by atoms with van der Waals surface area (Å²) in [6, 6.07) is 3.49. The van der Waals surface area contributed by atoms with Crippen LogP contribution in [0.25, 0.3) is 5.65 Å². The lowest BCUT2D eigenvalue weighted by atomic mass is 9.71. The molecule has 3 heterocycles. The fraction of sp³-hybridized carbons (Fsp3) is 0.333. The number of hydrogen-bond acceptors (Lipinski definition) is 5. The van der Waals surface area contributed by atoms with E-state index in [4.69, 9.17) is 16.3 Å². The Morgan fingerprint density at radius 1 is 1.25 bits per heavy atom. The molecule has 4 rings (SSSR count). The molecule has 1 atom stereocenters. The first kappa shape index (κ1) is 21.6. The summed E-state index contributed by atoms with van der Waals surface area (Å²) in [7, 11) is 1.57. The van der Waals surface area contributed by atoms with Gasteiger partial charge in [0.05, 0.1) is 30.1 Å². The molecule has 7 heteroatoms. The number of rotatable bonds is 2. The van der Waals surface area contributed by atoms with E-state index in [1.807, 2.05) is 20.8 Å². The minimum Gasteiger partial charge on any atom is -0.481 e. The molecule has 28 heavy (non-hydrogen) atoms. The van der Waals surface area contributed by atoms with Gasteiger partial charge in [-0.3, -0.25) is 14.2 Å². The third-order valence-electron chi connectivity index (χ3n) is 4.67. The van der Waals surface area contributed by atoms with Crippen LogP contribution in [0.2, 0.25) is 5.15 Å². The van der Waals surface area contributed by atoms with Crippen LogP contribution in [-0.2, 0) is 11.8 Å². The third kappa shape index (κ3) is 3.52. The summed E-state index contributed by atoms with van der Waals surface area (Å²) >= 11 is 6.16. The first-order valence-electron chi connectivity index (χ1n) is 9.11. The highest BCUT2D eigenvalue weighted by atomic mass is 35.5. The second-order valence-corrected chi connectivity index (χ2v) is 6.45. The van der Waals surface area contributed by atoms with Crippen LogP contribution in [-0.4, -0.2) is 32.2 Å². The fourth-order valence-electron chi connectivity index (χ4n) is 3.28. The van der Waals surface area contributed by atoms with E-state index < -0.39 is 5.41 Å². The lowest BCUT2D eigenvalue weighted by Gasteiger charge is -2.32. The van der Waals surface area contributed by atoms with Gasteiger partial charge in [0.2, 0.25) is 5.88 Å². The molecule has 0 amide bonds. The van der Waals surface area contributed by atoms with E-state index in [0.29, 0.717) is 40.8 Å². The zero-order valence-electron chi connectivity index (χ0n) is 16.7. The quantitative estimate of drug-likeness (QED) is 0.583. The lowest BCUT2D eigenvalue weighted by molar-refractivity contribution is 0.0871. The number of imidazole rings is 1. The number of nitrogens with zero attached hydrogens (tertiary/aromatic N) is 4. The number of aromatic nitrogens is 4. The fourth-order valence-corrected chi connectivity index (χ4v) is 3.46. The molecule has 0 aliphatic heterocycles. The normalized spacial score (nSPS) is 17.7. The predicted octanol–water partition coefficient (Wildman–Crippen LogP) is 4.70. The Balaban J connectivity index is 0.000000660. The summed E-state index contributed by atoms with van der Waals surface area (Å²) in [4.78, 5) is 26.4. The van der Waals surface area contributed by atoms with Crippen molar-refractivity contribution in [2.24, 2.45) is 0 Å². The first-order chi connectivity index (χ1) is 13.5. The molecule has 0 spiro atoms. The van der Waals surface area contributed by atoms with Gasteiger partial charge in [0, 0.05) is 24.0 Å². The summed E-state index contributed by atoms with van der Waals surface area (Å²) in [5.41, 5.74) is 1.88. The number of Topliss-reactive ketones (excluding diaryl/α,β-unsaturated/α-hetero) is 1. The molecule has 6 nitrogen and oxygen atoms in total. The van der Waals surface area contributed by atoms with Crippen molar-refractivity contribution >= 4 is 23.0 Å². The number of hydrogen-bond donors (Lipinski definition) is 0. The van der Waals surface area contributed by atoms with Crippen LogP contribution < -0.4 is 4.74 Å². The van der Waals surface area contributed by atoms with Crippen LogP contribution in [0.15, 0.2) is 43.9 Å². The van der Waals surface area contributed by atoms with Crippen molar-refractivity contribution < 1.29 is 9.53 Å². The van der Waals surface area contributed by atoms with Crippen LogP contribution in [0, 0.1) is 0 Å². The van der Waals surface area contributed by atoms with Gasteiger partial charge in [-0.2, -0.15) is 0 Å². The number of methoxy groups -OCH3 is 1. The monoisotopic (exact) mass is 400 g/mol. The van der Waals surface area contributed by atoms with Gasteiger partial charge in [-0.05, 0) is 25.8 Å². The molecule has 3 aromatic heterocycles. The number of carbonyl (C=O) groups excluding carboxylic acids is 1. The molecule has 0 radical (unpaired) electrons. The first-order valence-corrected chi connectivity index (χ1v) is 9.49. The SMILES string of the molecule is C=C.CC.COc1ccc2c(n1)CCC(C)(c1ncc(Cl)n3ccnc13)C2=O. The number of fused-ring (bicyclic) bond motifs is 2. The van der Waals surface area contributed by atoms with Gasteiger partial charge >= 0.3 is 0 Å².